The van der Waals surface area contributed by atoms with Gasteiger partial charge in [-0.2, -0.15) is 10.2 Å². The van der Waals surface area contributed by atoms with Crippen LogP contribution in [0.2, 0.25) is 0 Å². The maximum absolute atomic E-state index is 12.4. The largest absolute Gasteiger partial charge is 0.444 e. The number of aliphatic hydroxyl groups is 1. The Morgan fingerprint density at radius 2 is 1.17 bits per heavy atom. The molecule has 6 aromatic rings. The lowest BCUT2D eigenvalue weighted by Crippen LogP contribution is -2.26. The van der Waals surface area contributed by atoms with Crippen LogP contribution in [0.15, 0.2) is 98.1 Å². The van der Waals surface area contributed by atoms with Gasteiger partial charge in [-0.3, -0.25) is 19.6 Å². The van der Waals surface area contributed by atoms with E-state index in [9.17, 15) is 29.8 Å². The molecule has 0 saturated heterocycles. The van der Waals surface area contributed by atoms with E-state index < -0.39 is 40.0 Å². The highest BCUT2D eigenvalue weighted by Crippen LogP contribution is 2.32. The van der Waals surface area contributed by atoms with Crippen molar-refractivity contribution in [2.45, 2.75) is 0 Å². The molecule has 270 valence electrons. The predicted octanol–water partition coefficient (Wildman–Crippen LogP) is 2.74. The van der Waals surface area contributed by atoms with Gasteiger partial charge in [0.25, 0.3) is 11.8 Å². The standard InChI is InChI=1S/C16H14N6O5.C15H12N6O5/c1-26-10-19-16(23)14-13(9-21(20-14)11-4-2-6-17-8-11)27-12-5-3-7-18-15(12)22(24)25;22-9-18-15(23)13-12(8-20(19-13)10-3-1-5-16-7-10)26-11-4-2-6-17-14(11)21(24)25/h2-9H,10H2,1H3,(H,19,23);1-8,22H,9H2,(H,18,23). The van der Waals surface area contributed by atoms with Crippen LogP contribution in [0.3, 0.4) is 0 Å². The smallest absolute Gasteiger partial charge is 0.406 e. The van der Waals surface area contributed by atoms with E-state index in [2.05, 4.69) is 40.8 Å². The number of ether oxygens (including phenoxy) is 3. The van der Waals surface area contributed by atoms with Crippen molar-refractivity contribution in [3.8, 4) is 34.4 Å². The van der Waals surface area contributed by atoms with Crippen molar-refractivity contribution in [1.82, 2.24) is 50.1 Å². The van der Waals surface area contributed by atoms with Gasteiger partial charge >= 0.3 is 11.6 Å². The van der Waals surface area contributed by atoms with Gasteiger partial charge in [0, 0.05) is 19.5 Å². The molecule has 6 aromatic heterocycles. The van der Waals surface area contributed by atoms with Gasteiger partial charge in [0.05, 0.1) is 36.2 Å². The lowest BCUT2D eigenvalue weighted by atomic mass is 10.3. The molecule has 0 fully saturated rings. The van der Waals surface area contributed by atoms with E-state index in [0.717, 1.165) is 0 Å². The number of amides is 2. The van der Waals surface area contributed by atoms with Crippen molar-refractivity contribution < 1.29 is 38.8 Å². The SMILES string of the molecule is COCNC(=O)c1nn(-c2cccnc2)cc1Oc1cccnc1[N+](=O)[O-].O=C(NCO)c1nn(-c2cccnc2)cc1Oc1cccnc1[N+](=O)[O-]. The molecular weight excluding hydrogens is 700 g/mol. The Hall–Kier alpha value is -7.72. The van der Waals surface area contributed by atoms with Crippen LogP contribution in [-0.4, -0.2) is 86.8 Å². The number of nitrogens with zero attached hydrogens (tertiary/aromatic N) is 10. The summed E-state index contributed by atoms with van der Waals surface area (Å²) >= 11 is 0. The lowest BCUT2D eigenvalue weighted by molar-refractivity contribution is -0.390. The summed E-state index contributed by atoms with van der Waals surface area (Å²) < 4.78 is 18.6. The van der Waals surface area contributed by atoms with Crippen LogP contribution >= 0.6 is 0 Å². The Balaban J connectivity index is 0.000000204. The van der Waals surface area contributed by atoms with E-state index in [1.165, 1.54) is 71.7 Å². The second kappa shape index (κ2) is 17.3. The van der Waals surface area contributed by atoms with Crippen molar-refractivity contribution in [3.63, 3.8) is 0 Å². The monoisotopic (exact) mass is 726 g/mol. The second-order valence-corrected chi connectivity index (χ2v) is 9.97. The van der Waals surface area contributed by atoms with E-state index in [-0.39, 0.29) is 41.1 Å². The molecule has 0 saturated carbocycles. The fourth-order valence-electron chi connectivity index (χ4n) is 4.24. The number of carbonyl (C=O) groups excluding carboxylic acids is 2. The first-order valence-electron chi connectivity index (χ1n) is 14.9. The zero-order chi connectivity index (χ0) is 37.7. The number of carbonyl (C=O) groups is 2. The molecule has 0 unspecified atom stereocenters. The molecule has 0 aromatic carbocycles. The van der Waals surface area contributed by atoms with Gasteiger partial charge in [-0.1, -0.05) is 0 Å². The van der Waals surface area contributed by atoms with Crippen LogP contribution in [0.4, 0.5) is 11.6 Å². The molecule has 0 radical (unpaired) electrons. The molecule has 0 bridgehead atoms. The number of nitrogens with one attached hydrogen (secondary N) is 2. The predicted molar refractivity (Wildman–Crippen MR) is 179 cm³/mol. The van der Waals surface area contributed by atoms with Crippen LogP contribution in [0.25, 0.3) is 11.4 Å². The molecular formula is C31H26N12O10. The number of rotatable bonds is 13. The van der Waals surface area contributed by atoms with Crippen LogP contribution in [0.5, 0.6) is 23.0 Å². The molecule has 0 aliphatic rings. The van der Waals surface area contributed by atoms with Gasteiger partial charge in [0.15, 0.2) is 22.9 Å². The number of hydrogen-bond donors (Lipinski definition) is 3. The molecule has 6 rings (SSSR count). The highest BCUT2D eigenvalue weighted by molar-refractivity contribution is 5.95. The van der Waals surface area contributed by atoms with Gasteiger partial charge in [-0.15, -0.1) is 0 Å². The Morgan fingerprint density at radius 3 is 1.57 bits per heavy atom. The van der Waals surface area contributed by atoms with Crippen LogP contribution < -0.4 is 20.1 Å². The van der Waals surface area contributed by atoms with E-state index in [1.807, 2.05) is 0 Å². The topological polar surface area (TPSA) is 280 Å². The van der Waals surface area contributed by atoms with Gasteiger partial charge in [-0.05, 0) is 68.3 Å². The lowest BCUT2D eigenvalue weighted by Gasteiger charge is -2.06. The maximum Gasteiger partial charge on any atom is 0.406 e. The van der Waals surface area contributed by atoms with E-state index in [1.54, 1.807) is 42.9 Å². The Kier molecular flexibility index (Phi) is 11.9. The molecule has 3 N–H and O–H groups in total. The first kappa shape index (κ1) is 36.6. The maximum atomic E-state index is 12.4. The highest BCUT2D eigenvalue weighted by Gasteiger charge is 2.25. The third kappa shape index (κ3) is 9.10. The van der Waals surface area contributed by atoms with Crippen LogP contribution in [0, 0.1) is 20.2 Å². The number of nitro groups is 2. The number of aliphatic hydroxyl groups excluding tert-OH is 1. The summed E-state index contributed by atoms with van der Waals surface area (Å²) in [4.78, 5) is 60.6. The first-order chi connectivity index (χ1) is 25.7. The molecule has 2 amide bonds. The minimum absolute atomic E-state index is 0.0172. The average molecular weight is 727 g/mol. The Morgan fingerprint density at radius 1 is 0.717 bits per heavy atom. The number of pyridine rings is 4. The van der Waals surface area contributed by atoms with Crippen molar-refractivity contribution in [2.24, 2.45) is 0 Å². The molecule has 6 heterocycles. The van der Waals surface area contributed by atoms with Crippen molar-refractivity contribution in [2.75, 3.05) is 20.6 Å². The van der Waals surface area contributed by atoms with Crippen molar-refractivity contribution >= 4 is 23.5 Å². The molecule has 22 nitrogen and oxygen atoms in total. The van der Waals surface area contributed by atoms with Crippen LogP contribution in [-0.2, 0) is 4.74 Å². The molecule has 53 heavy (non-hydrogen) atoms. The van der Waals surface area contributed by atoms with Gasteiger partial charge in [0.1, 0.15) is 25.9 Å². The van der Waals surface area contributed by atoms with Crippen LogP contribution in [0.1, 0.15) is 21.0 Å². The third-order valence-corrected chi connectivity index (χ3v) is 6.52. The number of methoxy groups -OCH3 is 1. The fourth-order valence-corrected chi connectivity index (χ4v) is 4.24. The quantitative estimate of drug-likeness (QED) is 0.0876. The Bertz CT molecular complexity index is 2210. The first-order valence-corrected chi connectivity index (χ1v) is 14.9. The number of aromatic nitrogens is 8. The van der Waals surface area contributed by atoms with E-state index in [4.69, 9.17) is 19.3 Å². The normalized spacial score (nSPS) is 10.4. The molecule has 0 atom stereocenters. The molecule has 0 spiro atoms. The van der Waals surface area contributed by atoms with E-state index in [0.29, 0.717) is 11.4 Å². The molecule has 0 aliphatic heterocycles. The Labute approximate surface area is 297 Å². The van der Waals surface area contributed by atoms with Gasteiger partial charge < -0.3 is 50.2 Å². The van der Waals surface area contributed by atoms with Gasteiger partial charge in [-0.25, -0.2) is 9.36 Å². The van der Waals surface area contributed by atoms with Crippen molar-refractivity contribution in [3.05, 3.63) is 130 Å². The summed E-state index contributed by atoms with van der Waals surface area (Å²) in [7, 11) is 1.42. The minimum Gasteiger partial charge on any atom is -0.444 e. The average Bonchev–Trinajstić information content (AvgIpc) is 3.80. The summed E-state index contributed by atoms with van der Waals surface area (Å²) in [6.45, 7) is -0.643. The van der Waals surface area contributed by atoms with Crippen molar-refractivity contribution in [1.29, 1.82) is 0 Å². The summed E-state index contributed by atoms with van der Waals surface area (Å²) in [5.74, 6) is -2.56. The number of hydrogen-bond acceptors (Lipinski definition) is 16. The summed E-state index contributed by atoms with van der Waals surface area (Å²) in [6, 6.07) is 12.5. The molecule has 0 aliphatic carbocycles. The summed E-state index contributed by atoms with van der Waals surface area (Å²) in [5, 5.41) is 44.1. The minimum atomic E-state index is -0.711. The fraction of sp³-hybridized carbons (Fsp3) is 0.0968. The molecule has 22 heteroatoms. The second-order valence-electron chi connectivity index (χ2n) is 9.97. The summed E-state index contributed by atoms with van der Waals surface area (Å²) in [5.41, 5.74) is 0.880. The highest BCUT2D eigenvalue weighted by atomic mass is 16.6. The zero-order valence-electron chi connectivity index (χ0n) is 27.2. The summed E-state index contributed by atoms with van der Waals surface area (Å²) in [6.07, 6.45) is 11.5. The third-order valence-electron chi connectivity index (χ3n) is 6.52. The van der Waals surface area contributed by atoms with Gasteiger partial charge in [0.2, 0.25) is 11.5 Å². The van der Waals surface area contributed by atoms with E-state index >= 15 is 0 Å². The zero-order valence-corrected chi connectivity index (χ0v) is 27.2.